The van der Waals surface area contributed by atoms with E-state index in [9.17, 15) is 9.90 Å². The fraction of sp³-hybridized carbons (Fsp3) is 0.348. The number of rotatable bonds is 6. The maximum atomic E-state index is 12.2. The van der Waals surface area contributed by atoms with E-state index in [-0.39, 0.29) is 12.6 Å². The van der Waals surface area contributed by atoms with Crippen LogP contribution in [0.5, 0.6) is 0 Å². The zero-order chi connectivity index (χ0) is 24.0. The molecule has 1 aliphatic rings. The minimum Gasteiger partial charge on any atom is -0.447 e. The molecule has 11 nitrogen and oxygen atoms in total. The van der Waals surface area contributed by atoms with Gasteiger partial charge in [-0.3, -0.25) is 4.90 Å². The first kappa shape index (κ1) is 21.8. The van der Waals surface area contributed by atoms with Crippen molar-refractivity contribution >= 4 is 28.8 Å². The molecule has 1 saturated heterocycles. The third-order valence-corrected chi connectivity index (χ3v) is 6.08. The van der Waals surface area contributed by atoms with Gasteiger partial charge in [0.2, 0.25) is 17.7 Å². The highest BCUT2D eigenvalue weighted by Crippen LogP contribution is 2.30. The third-order valence-electron chi connectivity index (χ3n) is 6.08. The number of benzene rings is 1. The second-order valence-corrected chi connectivity index (χ2v) is 8.40. The van der Waals surface area contributed by atoms with Gasteiger partial charge in [0.1, 0.15) is 24.5 Å². The SMILES string of the molecule is Cc1cc2c(-c3noc(C(C)Nc4nccc(N5C(=O)OC[C@@H]5[C@@H](C)O)n4)n3)cccc2n1C. The number of nitrogens with zero attached hydrogens (tertiary/aromatic N) is 6. The van der Waals surface area contributed by atoms with Crippen LogP contribution >= 0.6 is 0 Å². The number of carbonyl (C=O) groups is 1. The van der Waals surface area contributed by atoms with Crippen molar-refractivity contribution in [3.05, 3.63) is 48.1 Å². The zero-order valence-corrected chi connectivity index (χ0v) is 19.3. The topological polar surface area (TPSA) is 131 Å². The quantitative estimate of drug-likeness (QED) is 0.442. The number of aliphatic hydroxyl groups excluding tert-OH is 1. The number of carbonyl (C=O) groups excluding carboxylic acids is 1. The summed E-state index contributed by atoms with van der Waals surface area (Å²) < 4.78 is 12.7. The Bertz CT molecular complexity index is 1360. The molecule has 0 spiro atoms. The van der Waals surface area contributed by atoms with Crippen LogP contribution < -0.4 is 10.2 Å². The van der Waals surface area contributed by atoms with Crippen LogP contribution in [0, 0.1) is 6.92 Å². The summed E-state index contributed by atoms with van der Waals surface area (Å²) in [6, 6.07) is 8.77. The summed E-state index contributed by atoms with van der Waals surface area (Å²) in [5, 5.41) is 18.4. The van der Waals surface area contributed by atoms with Crippen molar-refractivity contribution in [1.82, 2.24) is 24.7 Å². The van der Waals surface area contributed by atoms with Crippen LogP contribution in [0.25, 0.3) is 22.3 Å². The summed E-state index contributed by atoms with van der Waals surface area (Å²) in [6.45, 7) is 5.60. The Morgan fingerprint density at radius 2 is 2.06 bits per heavy atom. The summed E-state index contributed by atoms with van der Waals surface area (Å²) in [4.78, 5) is 26.7. The van der Waals surface area contributed by atoms with E-state index in [0.29, 0.717) is 17.5 Å². The minimum atomic E-state index is -0.772. The second-order valence-electron chi connectivity index (χ2n) is 8.40. The Labute approximate surface area is 195 Å². The first-order chi connectivity index (χ1) is 16.3. The second kappa shape index (κ2) is 8.41. The molecule has 1 amide bonds. The molecular weight excluding hydrogens is 438 g/mol. The normalized spacial score (nSPS) is 17.7. The Hall–Kier alpha value is -3.99. The molecule has 1 aromatic carbocycles. The molecule has 1 aliphatic heterocycles. The summed E-state index contributed by atoms with van der Waals surface area (Å²) >= 11 is 0. The number of fused-ring (bicyclic) bond motifs is 1. The maximum Gasteiger partial charge on any atom is 0.416 e. The van der Waals surface area contributed by atoms with Gasteiger partial charge in [0.25, 0.3) is 0 Å². The molecule has 3 aromatic heterocycles. The molecule has 0 saturated carbocycles. The minimum absolute atomic E-state index is 0.0954. The van der Waals surface area contributed by atoms with Gasteiger partial charge < -0.3 is 24.3 Å². The Morgan fingerprint density at radius 1 is 1.24 bits per heavy atom. The molecule has 1 fully saturated rings. The zero-order valence-electron chi connectivity index (χ0n) is 19.3. The van der Waals surface area contributed by atoms with Gasteiger partial charge in [-0.2, -0.15) is 9.97 Å². The average molecular weight is 463 g/mol. The number of aryl methyl sites for hydroxylation is 2. The van der Waals surface area contributed by atoms with E-state index in [1.165, 1.54) is 11.1 Å². The largest absolute Gasteiger partial charge is 0.447 e. The van der Waals surface area contributed by atoms with Crippen molar-refractivity contribution in [3.8, 4) is 11.4 Å². The first-order valence-corrected chi connectivity index (χ1v) is 11.0. The Balaban J connectivity index is 1.38. The van der Waals surface area contributed by atoms with E-state index in [1.54, 1.807) is 13.0 Å². The van der Waals surface area contributed by atoms with Gasteiger partial charge in [-0.05, 0) is 39.0 Å². The number of amides is 1. The van der Waals surface area contributed by atoms with Gasteiger partial charge in [-0.25, -0.2) is 9.78 Å². The highest BCUT2D eigenvalue weighted by molar-refractivity contribution is 5.94. The van der Waals surface area contributed by atoms with Gasteiger partial charge in [-0.15, -0.1) is 0 Å². The maximum absolute atomic E-state index is 12.2. The monoisotopic (exact) mass is 463 g/mol. The Kier molecular flexibility index (Phi) is 5.40. The number of hydrogen-bond acceptors (Lipinski definition) is 9. The van der Waals surface area contributed by atoms with Gasteiger partial charge in [0, 0.05) is 35.4 Å². The lowest BCUT2D eigenvalue weighted by Gasteiger charge is -2.22. The molecule has 0 radical (unpaired) electrons. The van der Waals surface area contributed by atoms with Crippen LogP contribution in [-0.2, 0) is 11.8 Å². The van der Waals surface area contributed by atoms with Crippen molar-refractivity contribution in [1.29, 1.82) is 0 Å². The first-order valence-electron chi connectivity index (χ1n) is 11.0. The summed E-state index contributed by atoms with van der Waals surface area (Å²) in [6.07, 6.45) is 0.196. The van der Waals surface area contributed by atoms with E-state index in [0.717, 1.165) is 22.2 Å². The number of hydrogen-bond donors (Lipinski definition) is 2. The molecule has 34 heavy (non-hydrogen) atoms. The molecule has 4 aromatic rings. The van der Waals surface area contributed by atoms with Crippen LogP contribution in [0.4, 0.5) is 16.6 Å². The molecule has 176 valence electrons. The number of aromatic nitrogens is 5. The van der Waals surface area contributed by atoms with Crippen LogP contribution in [0.15, 0.2) is 41.1 Å². The molecule has 3 atom stereocenters. The number of aliphatic hydroxyl groups is 1. The lowest BCUT2D eigenvalue weighted by Crippen LogP contribution is -2.41. The highest BCUT2D eigenvalue weighted by Gasteiger charge is 2.38. The van der Waals surface area contributed by atoms with E-state index in [4.69, 9.17) is 9.26 Å². The molecule has 0 bridgehead atoms. The molecular formula is C23H25N7O4. The van der Waals surface area contributed by atoms with Crippen molar-refractivity contribution in [2.45, 2.75) is 39.0 Å². The third kappa shape index (κ3) is 3.73. The lowest BCUT2D eigenvalue weighted by molar-refractivity contribution is 0.142. The van der Waals surface area contributed by atoms with Gasteiger partial charge >= 0.3 is 6.09 Å². The van der Waals surface area contributed by atoms with E-state index >= 15 is 0 Å². The van der Waals surface area contributed by atoms with E-state index in [2.05, 4.69) is 49.0 Å². The van der Waals surface area contributed by atoms with Crippen molar-refractivity contribution in [2.75, 3.05) is 16.8 Å². The van der Waals surface area contributed by atoms with E-state index < -0.39 is 24.3 Å². The molecule has 5 rings (SSSR count). The van der Waals surface area contributed by atoms with Crippen LogP contribution in [0.1, 0.15) is 31.5 Å². The van der Waals surface area contributed by atoms with E-state index in [1.807, 2.05) is 26.1 Å². The molecule has 1 unspecified atom stereocenters. The highest BCUT2D eigenvalue weighted by atomic mass is 16.6. The average Bonchev–Trinajstić information content (AvgIpc) is 3.52. The molecule has 2 N–H and O–H groups in total. The fourth-order valence-electron chi connectivity index (χ4n) is 4.07. The number of cyclic esters (lactones) is 1. The van der Waals surface area contributed by atoms with Gasteiger partial charge in [0.05, 0.1) is 6.10 Å². The molecule has 0 aliphatic carbocycles. The summed E-state index contributed by atoms with van der Waals surface area (Å²) in [5.74, 6) is 1.47. The predicted molar refractivity (Wildman–Crippen MR) is 124 cm³/mol. The smallest absolute Gasteiger partial charge is 0.416 e. The molecule has 4 heterocycles. The Morgan fingerprint density at radius 3 is 2.85 bits per heavy atom. The number of anilines is 2. The lowest BCUT2D eigenvalue weighted by atomic mass is 10.1. The van der Waals surface area contributed by atoms with Gasteiger partial charge in [-0.1, -0.05) is 17.3 Å². The predicted octanol–water partition coefficient (Wildman–Crippen LogP) is 3.21. The standard InChI is InChI=1S/C23H25N7O4/c1-12-10-16-15(6-5-7-17(16)29(12)4)20-27-21(34-28-20)13(2)25-22-24-9-8-19(26-22)30-18(14(3)31)11-33-23(30)32/h5-10,13-14,18,31H,11H2,1-4H3,(H,24,25,26)/t13?,14-,18-/m1/s1. The van der Waals surface area contributed by atoms with Crippen molar-refractivity contribution in [2.24, 2.45) is 7.05 Å². The van der Waals surface area contributed by atoms with Crippen LogP contribution in [0.3, 0.4) is 0 Å². The van der Waals surface area contributed by atoms with Crippen molar-refractivity contribution < 1.29 is 19.2 Å². The number of nitrogens with one attached hydrogen (secondary N) is 1. The summed E-state index contributed by atoms with van der Waals surface area (Å²) in [5.41, 5.74) is 3.12. The summed E-state index contributed by atoms with van der Waals surface area (Å²) in [7, 11) is 2.02. The number of ether oxygens (including phenoxy) is 1. The van der Waals surface area contributed by atoms with Crippen molar-refractivity contribution in [3.63, 3.8) is 0 Å². The fourth-order valence-corrected chi connectivity index (χ4v) is 4.07. The molecule has 11 heteroatoms. The van der Waals surface area contributed by atoms with Crippen LogP contribution in [0.2, 0.25) is 0 Å². The van der Waals surface area contributed by atoms with Crippen LogP contribution in [-0.4, -0.2) is 54.6 Å². The van der Waals surface area contributed by atoms with Gasteiger partial charge in [0.15, 0.2) is 0 Å².